The lowest BCUT2D eigenvalue weighted by atomic mass is 10.3. The molecule has 6 nitrogen and oxygen atoms in total. The summed E-state index contributed by atoms with van der Waals surface area (Å²) in [6.45, 7) is 2.02. The van der Waals surface area contributed by atoms with E-state index in [4.69, 9.17) is 0 Å². The van der Waals surface area contributed by atoms with Crippen LogP contribution in [0.25, 0.3) is 0 Å². The predicted octanol–water partition coefficient (Wildman–Crippen LogP) is 0.0869. The van der Waals surface area contributed by atoms with Gasteiger partial charge in [-0.25, -0.2) is 9.59 Å². The Hall–Kier alpha value is -1.46. The summed E-state index contributed by atoms with van der Waals surface area (Å²) < 4.78 is 8.70. The second-order valence-electron chi connectivity index (χ2n) is 2.41. The van der Waals surface area contributed by atoms with Gasteiger partial charge in [-0.2, -0.15) is 0 Å². The summed E-state index contributed by atoms with van der Waals surface area (Å²) in [5.41, 5.74) is 0. The SMILES string of the molecule is COC(=O)NC[C@H](C)NC(=O)OC. The van der Waals surface area contributed by atoms with Crippen LogP contribution in [0.5, 0.6) is 0 Å². The third kappa shape index (κ3) is 5.77. The number of hydrogen-bond acceptors (Lipinski definition) is 4. The number of ether oxygens (including phenoxy) is 2. The number of alkyl carbamates (subject to hydrolysis) is 2. The Morgan fingerprint density at radius 3 is 2.23 bits per heavy atom. The van der Waals surface area contributed by atoms with Crippen molar-refractivity contribution >= 4 is 12.2 Å². The number of methoxy groups -OCH3 is 2. The summed E-state index contributed by atoms with van der Waals surface area (Å²) in [4.78, 5) is 21.3. The first kappa shape index (κ1) is 11.5. The lowest BCUT2D eigenvalue weighted by molar-refractivity contribution is 0.161. The van der Waals surface area contributed by atoms with Crippen molar-refractivity contribution in [3.05, 3.63) is 0 Å². The largest absolute Gasteiger partial charge is 0.453 e. The van der Waals surface area contributed by atoms with Crippen molar-refractivity contribution in [2.75, 3.05) is 20.8 Å². The van der Waals surface area contributed by atoms with E-state index in [0.717, 1.165) is 0 Å². The van der Waals surface area contributed by atoms with Gasteiger partial charge in [0.1, 0.15) is 0 Å². The Morgan fingerprint density at radius 2 is 1.77 bits per heavy atom. The zero-order chi connectivity index (χ0) is 10.3. The second-order valence-corrected chi connectivity index (χ2v) is 2.41. The van der Waals surface area contributed by atoms with Gasteiger partial charge in [-0.05, 0) is 6.92 Å². The monoisotopic (exact) mass is 190 g/mol. The topological polar surface area (TPSA) is 76.7 Å². The molecular formula is C7H14N2O4. The number of rotatable bonds is 3. The van der Waals surface area contributed by atoms with Gasteiger partial charge in [0, 0.05) is 12.6 Å². The highest BCUT2D eigenvalue weighted by molar-refractivity contribution is 5.68. The second kappa shape index (κ2) is 6.10. The minimum atomic E-state index is -0.529. The molecule has 0 aliphatic heterocycles. The molecule has 6 heteroatoms. The molecule has 76 valence electrons. The van der Waals surface area contributed by atoms with Crippen molar-refractivity contribution in [3.8, 4) is 0 Å². The molecule has 0 aromatic heterocycles. The lowest BCUT2D eigenvalue weighted by Crippen LogP contribution is -2.41. The molecule has 0 saturated carbocycles. The number of carbonyl (C=O) groups excluding carboxylic acids is 2. The molecule has 0 radical (unpaired) electrons. The quantitative estimate of drug-likeness (QED) is 0.661. The number of amides is 2. The molecule has 0 fully saturated rings. The van der Waals surface area contributed by atoms with Crippen LogP contribution in [0.4, 0.5) is 9.59 Å². The van der Waals surface area contributed by atoms with Gasteiger partial charge >= 0.3 is 12.2 Å². The predicted molar refractivity (Wildman–Crippen MR) is 45.4 cm³/mol. The fourth-order valence-electron chi connectivity index (χ4n) is 0.620. The van der Waals surface area contributed by atoms with E-state index in [0.29, 0.717) is 6.54 Å². The van der Waals surface area contributed by atoms with Crippen molar-refractivity contribution < 1.29 is 19.1 Å². The first-order chi connectivity index (χ1) is 6.10. The Bertz CT molecular complexity index is 183. The standard InChI is InChI=1S/C7H14N2O4/c1-5(9-7(11)13-3)4-8-6(10)12-2/h5H,4H2,1-3H3,(H,8,10)(H,9,11)/t5-/m0/s1. The summed E-state index contributed by atoms with van der Waals surface area (Å²) in [6, 6.07) is -0.202. The first-order valence-corrected chi connectivity index (χ1v) is 3.76. The molecule has 2 N–H and O–H groups in total. The summed E-state index contributed by atoms with van der Waals surface area (Å²) in [7, 11) is 2.55. The summed E-state index contributed by atoms with van der Waals surface area (Å²) >= 11 is 0. The van der Waals surface area contributed by atoms with Crippen LogP contribution >= 0.6 is 0 Å². The highest BCUT2D eigenvalue weighted by Crippen LogP contribution is 1.82. The van der Waals surface area contributed by atoms with Crippen LogP contribution in [0.15, 0.2) is 0 Å². The van der Waals surface area contributed by atoms with Gasteiger partial charge in [0.05, 0.1) is 14.2 Å². The van der Waals surface area contributed by atoms with E-state index in [1.54, 1.807) is 6.92 Å². The average molecular weight is 190 g/mol. The molecule has 0 aromatic rings. The molecule has 13 heavy (non-hydrogen) atoms. The molecule has 0 heterocycles. The van der Waals surface area contributed by atoms with E-state index in [9.17, 15) is 9.59 Å². The van der Waals surface area contributed by atoms with Crippen molar-refractivity contribution in [1.29, 1.82) is 0 Å². The van der Waals surface area contributed by atoms with Crippen LogP contribution < -0.4 is 10.6 Å². The van der Waals surface area contributed by atoms with Gasteiger partial charge in [0.25, 0.3) is 0 Å². The van der Waals surface area contributed by atoms with Gasteiger partial charge in [0.15, 0.2) is 0 Å². The van der Waals surface area contributed by atoms with Crippen LogP contribution in [0.3, 0.4) is 0 Å². The van der Waals surface area contributed by atoms with Crippen LogP contribution in [-0.4, -0.2) is 39.0 Å². The fourth-order valence-corrected chi connectivity index (χ4v) is 0.620. The molecular weight excluding hydrogens is 176 g/mol. The van der Waals surface area contributed by atoms with Crippen molar-refractivity contribution in [1.82, 2.24) is 10.6 Å². The molecule has 0 spiro atoms. The smallest absolute Gasteiger partial charge is 0.407 e. The van der Waals surface area contributed by atoms with Crippen LogP contribution in [0, 0.1) is 0 Å². The normalized spacial score (nSPS) is 11.3. The van der Waals surface area contributed by atoms with Crippen molar-refractivity contribution in [2.45, 2.75) is 13.0 Å². The Balaban J connectivity index is 3.56. The Kier molecular flexibility index (Phi) is 5.42. The van der Waals surface area contributed by atoms with Gasteiger partial charge in [0.2, 0.25) is 0 Å². The fraction of sp³-hybridized carbons (Fsp3) is 0.714. The maximum absolute atomic E-state index is 10.7. The van der Waals surface area contributed by atoms with Gasteiger partial charge in [-0.15, -0.1) is 0 Å². The minimum absolute atomic E-state index is 0.202. The lowest BCUT2D eigenvalue weighted by Gasteiger charge is -2.12. The van der Waals surface area contributed by atoms with E-state index >= 15 is 0 Å². The molecule has 0 aliphatic carbocycles. The summed E-state index contributed by atoms with van der Waals surface area (Å²) in [5.74, 6) is 0. The number of nitrogens with one attached hydrogen (secondary N) is 2. The summed E-state index contributed by atoms with van der Waals surface area (Å²) in [5, 5.41) is 4.91. The molecule has 0 rings (SSSR count). The molecule has 1 atom stereocenters. The van der Waals surface area contributed by atoms with E-state index in [1.165, 1.54) is 14.2 Å². The van der Waals surface area contributed by atoms with Gasteiger partial charge < -0.3 is 20.1 Å². The molecule has 0 aromatic carbocycles. The van der Waals surface area contributed by atoms with Crippen LogP contribution in [-0.2, 0) is 9.47 Å². The maximum atomic E-state index is 10.7. The van der Waals surface area contributed by atoms with Gasteiger partial charge in [-0.1, -0.05) is 0 Å². The Labute approximate surface area is 76.6 Å². The minimum Gasteiger partial charge on any atom is -0.453 e. The molecule has 2 amide bonds. The van der Waals surface area contributed by atoms with Crippen LogP contribution in [0.2, 0.25) is 0 Å². The zero-order valence-corrected chi connectivity index (χ0v) is 7.92. The molecule has 0 aliphatic rings. The van der Waals surface area contributed by atoms with E-state index < -0.39 is 12.2 Å². The highest BCUT2D eigenvalue weighted by Gasteiger charge is 2.07. The van der Waals surface area contributed by atoms with Crippen molar-refractivity contribution in [3.63, 3.8) is 0 Å². The van der Waals surface area contributed by atoms with E-state index in [1.807, 2.05) is 0 Å². The van der Waals surface area contributed by atoms with Crippen molar-refractivity contribution in [2.24, 2.45) is 0 Å². The third-order valence-corrected chi connectivity index (χ3v) is 1.29. The average Bonchev–Trinajstić information content (AvgIpc) is 2.13. The number of hydrogen-bond donors (Lipinski definition) is 2. The van der Waals surface area contributed by atoms with Gasteiger partial charge in [-0.3, -0.25) is 0 Å². The summed E-state index contributed by atoms with van der Waals surface area (Å²) in [6.07, 6.45) is -1.06. The molecule has 0 unspecified atom stereocenters. The molecule has 0 bridgehead atoms. The zero-order valence-electron chi connectivity index (χ0n) is 7.92. The number of carbonyl (C=O) groups is 2. The highest BCUT2D eigenvalue weighted by atomic mass is 16.5. The van der Waals surface area contributed by atoms with E-state index in [-0.39, 0.29) is 6.04 Å². The third-order valence-electron chi connectivity index (χ3n) is 1.29. The van der Waals surface area contributed by atoms with Crippen LogP contribution in [0.1, 0.15) is 6.92 Å². The molecule has 0 saturated heterocycles. The Morgan fingerprint density at radius 1 is 1.23 bits per heavy atom. The maximum Gasteiger partial charge on any atom is 0.407 e. The van der Waals surface area contributed by atoms with E-state index in [2.05, 4.69) is 20.1 Å². The first-order valence-electron chi connectivity index (χ1n) is 3.76.